The predicted octanol–water partition coefficient (Wildman–Crippen LogP) is 7.16. The van der Waals surface area contributed by atoms with Crippen molar-refractivity contribution in [3.05, 3.63) is 77.1 Å². The molecular formula is C32H31F3N2O7. The Morgan fingerprint density at radius 3 is 1.45 bits per heavy atom. The van der Waals surface area contributed by atoms with Gasteiger partial charge in [0.25, 0.3) is 0 Å². The number of methoxy groups -OCH3 is 6. The lowest BCUT2D eigenvalue weighted by Gasteiger charge is -2.13. The molecule has 44 heavy (non-hydrogen) atoms. The van der Waals surface area contributed by atoms with Crippen LogP contribution < -0.4 is 33.2 Å². The summed E-state index contributed by atoms with van der Waals surface area (Å²) in [4.78, 5) is 0. The second kappa shape index (κ2) is 13.8. The molecular weight excluding hydrogens is 581 g/mol. The molecule has 0 bridgehead atoms. The molecule has 9 nitrogen and oxygen atoms in total. The fourth-order valence-corrected chi connectivity index (χ4v) is 4.37. The monoisotopic (exact) mass is 612 g/mol. The number of halogens is 3. The summed E-state index contributed by atoms with van der Waals surface area (Å²) in [6.07, 6.45) is 2.45. The largest absolute Gasteiger partial charge is 0.573 e. The maximum Gasteiger partial charge on any atom is 0.573 e. The first-order valence-electron chi connectivity index (χ1n) is 13.0. The maximum absolute atomic E-state index is 12.7. The van der Waals surface area contributed by atoms with Gasteiger partial charge in [0.1, 0.15) is 5.75 Å². The van der Waals surface area contributed by atoms with Gasteiger partial charge in [-0.1, -0.05) is 12.2 Å². The Bertz CT molecular complexity index is 1590. The molecule has 232 valence electrons. The summed E-state index contributed by atoms with van der Waals surface area (Å²) < 4.78 is 76.3. The Labute approximate surface area is 252 Å². The first-order chi connectivity index (χ1) is 21.1. The third-order valence-corrected chi connectivity index (χ3v) is 6.34. The minimum absolute atomic E-state index is 0.342. The zero-order valence-corrected chi connectivity index (χ0v) is 24.9. The van der Waals surface area contributed by atoms with Crippen molar-refractivity contribution in [3.8, 4) is 45.9 Å². The quantitative estimate of drug-likeness (QED) is 0.167. The van der Waals surface area contributed by atoms with Crippen molar-refractivity contribution in [3.63, 3.8) is 0 Å². The van der Waals surface area contributed by atoms with Crippen molar-refractivity contribution >= 4 is 24.3 Å². The van der Waals surface area contributed by atoms with Crippen LogP contribution in [0.1, 0.15) is 22.5 Å². The lowest BCUT2D eigenvalue weighted by Crippen LogP contribution is -2.17. The molecule has 12 heteroatoms. The van der Waals surface area contributed by atoms with Crippen molar-refractivity contribution in [1.82, 2.24) is 9.78 Å². The van der Waals surface area contributed by atoms with Crippen molar-refractivity contribution in [2.75, 3.05) is 42.7 Å². The second-order valence-corrected chi connectivity index (χ2v) is 9.03. The van der Waals surface area contributed by atoms with Gasteiger partial charge in [-0.2, -0.15) is 5.10 Å². The Morgan fingerprint density at radius 1 is 0.591 bits per heavy atom. The van der Waals surface area contributed by atoms with Crippen LogP contribution in [0.4, 0.5) is 13.2 Å². The van der Waals surface area contributed by atoms with E-state index < -0.39 is 6.36 Å². The van der Waals surface area contributed by atoms with Gasteiger partial charge in [-0.05, 0) is 77.9 Å². The zero-order chi connectivity index (χ0) is 31.9. The van der Waals surface area contributed by atoms with Crippen LogP contribution in [0.3, 0.4) is 0 Å². The summed E-state index contributed by atoms with van der Waals surface area (Å²) in [6.45, 7) is 0. The number of ether oxygens (including phenoxy) is 7. The topological polar surface area (TPSA) is 82.4 Å². The molecule has 0 unspecified atom stereocenters. The smallest absolute Gasteiger partial charge is 0.493 e. The lowest BCUT2D eigenvalue weighted by molar-refractivity contribution is -0.274. The summed E-state index contributed by atoms with van der Waals surface area (Å²) in [6, 6.07) is 14.4. The molecule has 0 amide bonds. The van der Waals surface area contributed by atoms with Crippen LogP contribution >= 0.6 is 0 Å². The number of hydrogen-bond acceptors (Lipinski definition) is 8. The van der Waals surface area contributed by atoms with E-state index in [0.29, 0.717) is 51.6 Å². The Hall–Kier alpha value is -5.26. The van der Waals surface area contributed by atoms with Crippen LogP contribution in [0.5, 0.6) is 40.2 Å². The van der Waals surface area contributed by atoms with Crippen molar-refractivity contribution in [2.45, 2.75) is 6.36 Å². The van der Waals surface area contributed by atoms with E-state index in [2.05, 4.69) is 9.84 Å². The molecule has 0 aliphatic heterocycles. The van der Waals surface area contributed by atoms with Crippen LogP contribution in [-0.4, -0.2) is 58.8 Å². The number of nitrogens with zero attached hydrogens (tertiary/aromatic N) is 2. The summed E-state index contributed by atoms with van der Waals surface area (Å²) in [7, 11) is 9.16. The van der Waals surface area contributed by atoms with Crippen LogP contribution in [0.25, 0.3) is 30.0 Å². The fraction of sp³-hybridized carbons (Fsp3) is 0.219. The van der Waals surface area contributed by atoms with Crippen molar-refractivity contribution < 1.29 is 46.3 Å². The summed E-state index contributed by atoms with van der Waals surface area (Å²) >= 11 is 0. The number of benzene rings is 3. The van der Waals surface area contributed by atoms with Gasteiger partial charge in [-0.15, -0.1) is 13.2 Å². The van der Waals surface area contributed by atoms with Crippen LogP contribution in [0.2, 0.25) is 0 Å². The fourth-order valence-electron chi connectivity index (χ4n) is 4.37. The van der Waals surface area contributed by atoms with Crippen LogP contribution in [0.15, 0.2) is 54.6 Å². The van der Waals surface area contributed by atoms with E-state index in [9.17, 15) is 13.2 Å². The highest BCUT2D eigenvalue weighted by Crippen LogP contribution is 2.40. The molecule has 0 N–H and O–H groups in total. The van der Waals surface area contributed by atoms with E-state index in [0.717, 1.165) is 11.1 Å². The van der Waals surface area contributed by atoms with Gasteiger partial charge in [0, 0.05) is 0 Å². The predicted molar refractivity (Wildman–Crippen MR) is 160 cm³/mol. The van der Waals surface area contributed by atoms with E-state index >= 15 is 0 Å². The summed E-state index contributed by atoms with van der Waals surface area (Å²) in [5.41, 5.74) is 3.22. The molecule has 1 heterocycles. The first-order valence-corrected chi connectivity index (χ1v) is 13.0. The lowest BCUT2D eigenvalue weighted by atomic mass is 10.1. The molecule has 1 aromatic heterocycles. The van der Waals surface area contributed by atoms with Gasteiger partial charge in [0.15, 0.2) is 23.0 Å². The molecule has 0 aliphatic carbocycles. The van der Waals surface area contributed by atoms with E-state index in [1.807, 2.05) is 24.3 Å². The van der Waals surface area contributed by atoms with E-state index in [1.165, 1.54) is 66.9 Å². The van der Waals surface area contributed by atoms with Crippen LogP contribution in [0, 0.1) is 0 Å². The molecule has 3 aromatic carbocycles. The number of aromatic nitrogens is 2. The standard InChI is InChI=1S/C32H31F3N2O7/c1-38-26-15-20(16-27(39-2)30(26)42-5)7-9-22-19-24(10-8-21-17-28(40-3)31(43-6)29(18-21)41-4)37(36-22)23-11-13-25(14-12-23)44-32(33,34)35/h7-19H,1-6H3/b9-7+,10-8+. The number of rotatable bonds is 12. The summed E-state index contributed by atoms with van der Waals surface area (Å²) in [5.74, 6) is 2.53. The molecule has 0 spiro atoms. The Kier molecular flexibility index (Phi) is 9.94. The molecule has 0 aliphatic rings. The molecule has 0 saturated heterocycles. The molecule has 0 fully saturated rings. The van der Waals surface area contributed by atoms with Crippen molar-refractivity contribution in [2.24, 2.45) is 0 Å². The van der Waals surface area contributed by atoms with Crippen molar-refractivity contribution in [1.29, 1.82) is 0 Å². The zero-order valence-electron chi connectivity index (χ0n) is 24.9. The minimum Gasteiger partial charge on any atom is -0.493 e. The van der Waals surface area contributed by atoms with Crippen LogP contribution in [-0.2, 0) is 0 Å². The molecule has 0 atom stereocenters. The third-order valence-electron chi connectivity index (χ3n) is 6.34. The van der Waals surface area contributed by atoms with E-state index in [4.69, 9.17) is 28.4 Å². The minimum atomic E-state index is -4.80. The Balaban J connectivity index is 1.75. The molecule has 0 saturated carbocycles. The highest BCUT2D eigenvalue weighted by molar-refractivity contribution is 5.76. The average molecular weight is 613 g/mol. The number of hydrogen-bond donors (Lipinski definition) is 0. The molecule has 4 rings (SSSR count). The normalized spacial score (nSPS) is 11.6. The van der Waals surface area contributed by atoms with E-state index in [1.54, 1.807) is 35.0 Å². The first kappa shape index (κ1) is 31.7. The van der Waals surface area contributed by atoms with Gasteiger partial charge < -0.3 is 33.2 Å². The van der Waals surface area contributed by atoms with Gasteiger partial charge in [-0.3, -0.25) is 0 Å². The molecule has 0 radical (unpaired) electrons. The van der Waals surface area contributed by atoms with Gasteiger partial charge in [0.2, 0.25) is 11.5 Å². The van der Waals surface area contributed by atoms with Gasteiger partial charge in [0.05, 0.1) is 59.7 Å². The van der Waals surface area contributed by atoms with Gasteiger partial charge in [-0.25, -0.2) is 4.68 Å². The third kappa shape index (κ3) is 7.38. The Morgan fingerprint density at radius 2 is 1.05 bits per heavy atom. The highest BCUT2D eigenvalue weighted by atomic mass is 19.4. The molecule has 4 aromatic rings. The highest BCUT2D eigenvalue weighted by Gasteiger charge is 2.31. The van der Waals surface area contributed by atoms with E-state index in [-0.39, 0.29) is 5.75 Å². The summed E-state index contributed by atoms with van der Waals surface area (Å²) in [5, 5.41) is 4.68. The average Bonchev–Trinajstić information content (AvgIpc) is 3.44. The SMILES string of the molecule is COc1cc(/C=C/c2cc(/C=C/c3cc(OC)c(OC)c(OC)c3)n(-c3ccc(OC(F)(F)F)cc3)n2)cc(OC)c1OC. The van der Waals surface area contributed by atoms with Gasteiger partial charge >= 0.3 is 6.36 Å². The number of alkyl halides is 3. The second-order valence-electron chi connectivity index (χ2n) is 9.03. The maximum atomic E-state index is 12.7.